The van der Waals surface area contributed by atoms with Crippen molar-refractivity contribution in [3.63, 3.8) is 0 Å². The summed E-state index contributed by atoms with van der Waals surface area (Å²) in [5, 5.41) is 0.399. The third-order valence-electron chi connectivity index (χ3n) is 4.28. The monoisotopic (exact) mass is 475 g/mol. The third-order valence-corrected chi connectivity index (χ3v) is 5.94. The molecule has 0 spiro atoms. The number of hydrogen-bond donors (Lipinski definition) is 0. The maximum absolute atomic E-state index is 12.5. The van der Waals surface area contributed by atoms with E-state index in [0.717, 1.165) is 11.3 Å². The molecule has 1 aliphatic rings. The van der Waals surface area contributed by atoms with Crippen molar-refractivity contribution in [2.24, 2.45) is 0 Å². The van der Waals surface area contributed by atoms with E-state index in [9.17, 15) is 4.79 Å². The van der Waals surface area contributed by atoms with Crippen molar-refractivity contribution < 1.29 is 19.0 Å². The molecular weight excluding hydrogens is 454 g/mol. The van der Waals surface area contributed by atoms with Gasteiger partial charge in [0.25, 0.3) is 5.91 Å². The number of amides is 1. The molecule has 2 aromatic carbocycles. The lowest BCUT2D eigenvalue weighted by Crippen LogP contribution is -2.27. The summed E-state index contributed by atoms with van der Waals surface area (Å²) < 4.78 is 17.5. The van der Waals surface area contributed by atoms with Gasteiger partial charge >= 0.3 is 0 Å². The van der Waals surface area contributed by atoms with Gasteiger partial charge in [0.05, 0.1) is 30.3 Å². The zero-order chi connectivity index (χ0) is 22.2. The third kappa shape index (κ3) is 6.03. The van der Waals surface area contributed by atoms with Gasteiger partial charge < -0.3 is 14.2 Å². The molecule has 1 fully saturated rings. The van der Waals surface area contributed by atoms with Crippen LogP contribution in [0.5, 0.6) is 17.2 Å². The lowest BCUT2D eigenvalue weighted by molar-refractivity contribution is -0.121. The Morgan fingerprint density at radius 3 is 2.65 bits per heavy atom. The van der Waals surface area contributed by atoms with Gasteiger partial charge in [0.1, 0.15) is 10.1 Å². The molecule has 0 N–H and O–H groups in total. The molecule has 0 unspecified atom stereocenters. The molecule has 31 heavy (non-hydrogen) atoms. The molecule has 8 heteroatoms. The number of thioether (sulfide) groups is 1. The van der Waals surface area contributed by atoms with Gasteiger partial charge in [-0.05, 0) is 35.9 Å². The summed E-state index contributed by atoms with van der Waals surface area (Å²) in [6.45, 7) is 4.98. The van der Waals surface area contributed by atoms with Crippen molar-refractivity contribution in [2.45, 2.75) is 6.42 Å². The van der Waals surface area contributed by atoms with E-state index in [1.54, 1.807) is 31.4 Å². The molecule has 3 rings (SSSR count). The van der Waals surface area contributed by atoms with E-state index in [1.165, 1.54) is 16.7 Å². The highest BCUT2D eigenvalue weighted by molar-refractivity contribution is 8.26. The van der Waals surface area contributed by atoms with Crippen LogP contribution in [-0.2, 0) is 4.79 Å². The number of nitrogens with zero attached hydrogens (tertiary/aromatic N) is 1. The van der Waals surface area contributed by atoms with Gasteiger partial charge in [0.15, 0.2) is 11.5 Å². The summed E-state index contributed by atoms with van der Waals surface area (Å²) in [6.07, 6.45) is 4.07. The largest absolute Gasteiger partial charge is 0.493 e. The lowest BCUT2D eigenvalue weighted by Gasteiger charge is -2.14. The zero-order valence-electron chi connectivity index (χ0n) is 17.0. The molecule has 0 aromatic heterocycles. The summed E-state index contributed by atoms with van der Waals surface area (Å²) in [4.78, 5) is 14.6. The van der Waals surface area contributed by atoms with E-state index in [0.29, 0.717) is 51.9 Å². The van der Waals surface area contributed by atoms with Crippen LogP contribution < -0.4 is 14.2 Å². The van der Waals surface area contributed by atoms with Crippen LogP contribution in [0.2, 0.25) is 5.02 Å². The standard InChI is InChI=1S/C23H22ClNO4S2/c1-3-10-25-22(26)20(31-23(25)30)15-16-13-18(24)21(19(14-16)27-2)29-12-7-11-28-17-8-5-4-6-9-17/h3-6,8-9,13-15H,1,7,10-12H2,2H3/b20-15-. The summed E-state index contributed by atoms with van der Waals surface area (Å²) >= 11 is 13.0. The molecule has 1 saturated heterocycles. The first-order valence-electron chi connectivity index (χ1n) is 9.58. The number of rotatable bonds is 10. The van der Waals surface area contributed by atoms with Gasteiger partial charge in [-0.1, -0.05) is 59.9 Å². The first kappa shape index (κ1) is 23.2. The Balaban J connectivity index is 1.64. The van der Waals surface area contributed by atoms with Crippen molar-refractivity contribution in [2.75, 3.05) is 26.9 Å². The van der Waals surface area contributed by atoms with Gasteiger partial charge in [0, 0.05) is 13.0 Å². The van der Waals surface area contributed by atoms with Gasteiger partial charge in [0.2, 0.25) is 0 Å². The molecule has 0 aliphatic carbocycles. The van der Waals surface area contributed by atoms with Crippen LogP contribution in [0.1, 0.15) is 12.0 Å². The van der Waals surface area contributed by atoms with E-state index >= 15 is 0 Å². The minimum absolute atomic E-state index is 0.149. The van der Waals surface area contributed by atoms with Crippen molar-refractivity contribution in [1.29, 1.82) is 0 Å². The van der Waals surface area contributed by atoms with E-state index in [1.807, 2.05) is 30.3 Å². The number of hydrogen-bond acceptors (Lipinski definition) is 6. The molecule has 0 radical (unpaired) electrons. The predicted octanol–water partition coefficient (Wildman–Crippen LogP) is 5.58. The topological polar surface area (TPSA) is 48.0 Å². The summed E-state index contributed by atoms with van der Waals surface area (Å²) in [5.74, 6) is 1.62. The number of carbonyl (C=O) groups excluding carboxylic acids is 1. The first-order valence-corrected chi connectivity index (χ1v) is 11.2. The van der Waals surface area contributed by atoms with Crippen molar-refractivity contribution in [1.82, 2.24) is 4.90 Å². The fraction of sp³-hybridized carbons (Fsp3) is 0.217. The number of methoxy groups -OCH3 is 1. The summed E-state index contributed by atoms with van der Waals surface area (Å²) in [5.41, 5.74) is 0.723. The van der Waals surface area contributed by atoms with E-state index < -0.39 is 0 Å². The highest BCUT2D eigenvalue weighted by Gasteiger charge is 2.31. The quantitative estimate of drug-likeness (QED) is 0.193. The Morgan fingerprint density at radius 2 is 1.94 bits per heavy atom. The van der Waals surface area contributed by atoms with E-state index in [-0.39, 0.29) is 5.91 Å². The van der Waals surface area contributed by atoms with Crippen LogP contribution in [0.3, 0.4) is 0 Å². The number of ether oxygens (including phenoxy) is 3. The average Bonchev–Trinajstić information content (AvgIpc) is 3.02. The number of halogens is 1. The highest BCUT2D eigenvalue weighted by atomic mass is 35.5. The molecule has 1 heterocycles. The first-order chi connectivity index (χ1) is 15.0. The molecule has 0 saturated carbocycles. The lowest BCUT2D eigenvalue weighted by atomic mass is 10.1. The molecule has 2 aromatic rings. The van der Waals surface area contributed by atoms with Crippen LogP contribution in [0.4, 0.5) is 0 Å². The molecule has 162 valence electrons. The molecule has 0 bridgehead atoms. The summed E-state index contributed by atoms with van der Waals surface area (Å²) in [6, 6.07) is 13.1. The number of thiocarbonyl (C=S) groups is 1. The fourth-order valence-electron chi connectivity index (χ4n) is 2.84. The second-order valence-electron chi connectivity index (χ2n) is 6.48. The highest BCUT2D eigenvalue weighted by Crippen LogP contribution is 2.39. The van der Waals surface area contributed by atoms with Crippen LogP contribution >= 0.6 is 35.6 Å². The van der Waals surface area contributed by atoms with Crippen LogP contribution in [0, 0.1) is 0 Å². The summed E-state index contributed by atoms with van der Waals surface area (Å²) in [7, 11) is 1.55. The molecule has 1 aliphatic heterocycles. The average molecular weight is 476 g/mol. The van der Waals surface area contributed by atoms with E-state index in [4.69, 9.17) is 38.0 Å². The molecule has 0 atom stereocenters. The Morgan fingerprint density at radius 1 is 1.19 bits per heavy atom. The minimum Gasteiger partial charge on any atom is -0.493 e. The van der Waals surface area contributed by atoms with Crippen molar-refractivity contribution in [3.05, 3.63) is 70.6 Å². The normalized spacial score (nSPS) is 14.8. The Labute approximate surface area is 196 Å². The molecule has 1 amide bonds. The van der Waals surface area contributed by atoms with Crippen LogP contribution in [-0.4, -0.2) is 42.0 Å². The number of para-hydroxylation sites is 1. The Bertz CT molecular complexity index is 995. The fourth-order valence-corrected chi connectivity index (χ4v) is 4.39. The molecular formula is C23H22ClNO4S2. The van der Waals surface area contributed by atoms with Gasteiger partial charge in [-0.15, -0.1) is 6.58 Å². The van der Waals surface area contributed by atoms with Gasteiger partial charge in [-0.3, -0.25) is 9.69 Å². The SMILES string of the molecule is C=CCN1C(=O)/C(=C/c2cc(Cl)c(OCCCOc3ccccc3)c(OC)c2)SC1=S. The van der Waals surface area contributed by atoms with Gasteiger partial charge in [-0.2, -0.15) is 0 Å². The van der Waals surface area contributed by atoms with Gasteiger partial charge in [-0.25, -0.2) is 0 Å². The second-order valence-corrected chi connectivity index (χ2v) is 8.56. The number of benzene rings is 2. The Hall–Kier alpha value is -2.48. The van der Waals surface area contributed by atoms with E-state index in [2.05, 4.69) is 6.58 Å². The maximum Gasteiger partial charge on any atom is 0.266 e. The second kappa shape index (κ2) is 11.2. The van der Waals surface area contributed by atoms with Crippen LogP contribution in [0.25, 0.3) is 6.08 Å². The van der Waals surface area contributed by atoms with Crippen molar-refractivity contribution in [3.8, 4) is 17.2 Å². The minimum atomic E-state index is -0.149. The van der Waals surface area contributed by atoms with Crippen LogP contribution in [0.15, 0.2) is 60.0 Å². The Kier molecular flexibility index (Phi) is 8.40. The zero-order valence-corrected chi connectivity index (χ0v) is 19.4. The maximum atomic E-state index is 12.5. The van der Waals surface area contributed by atoms with Crippen molar-refractivity contribution >= 4 is 51.9 Å². The smallest absolute Gasteiger partial charge is 0.266 e. The predicted molar refractivity (Wildman–Crippen MR) is 130 cm³/mol. The molecule has 5 nitrogen and oxygen atoms in total. The number of carbonyl (C=O) groups is 1.